The molecule has 5 nitrogen and oxygen atoms in total. The first kappa shape index (κ1) is 13.6. The summed E-state index contributed by atoms with van der Waals surface area (Å²) in [7, 11) is 1.92. The van der Waals surface area contributed by atoms with E-state index in [0.717, 1.165) is 25.9 Å². The summed E-state index contributed by atoms with van der Waals surface area (Å²) >= 11 is 0. The fourth-order valence-corrected chi connectivity index (χ4v) is 2.75. The van der Waals surface area contributed by atoms with Gasteiger partial charge >= 0.3 is 0 Å². The van der Waals surface area contributed by atoms with E-state index in [1.807, 2.05) is 17.9 Å². The van der Waals surface area contributed by atoms with Gasteiger partial charge in [0.05, 0.1) is 24.3 Å². The van der Waals surface area contributed by atoms with Crippen molar-refractivity contribution in [1.82, 2.24) is 14.7 Å². The molecule has 1 aromatic rings. The lowest BCUT2D eigenvalue weighted by Crippen LogP contribution is -2.28. The predicted molar refractivity (Wildman–Crippen MR) is 70.7 cm³/mol. The Morgan fingerprint density at radius 3 is 3.00 bits per heavy atom. The highest BCUT2D eigenvalue weighted by atomic mass is 15.3. The molecule has 1 aromatic heterocycles. The molecule has 100 valence electrons. The van der Waals surface area contributed by atoms with Crippen molar-refractivity contribution in [2.75, 3.05) is 13.1 Å². The van der Waals surface area contributed by atoms with Crippen molar-refractivity contribution in [2.45, 2.75) is 31.7 Å². The molecule has 0 bridgehead atoms. The standard InChI is InChI=1S/C14H19N5/c1-18-11-13(9-17-18)14-5-3-7-19(14)10-12(8-16)4-2-6-15/h9,11-12,14H,2-5,7,10H2,1H3/t12-,14-/m0/s1. The fraction of sp³-hybridized carbons (Fsp3) is 0.643. The number of likely N-dealkylation sites (tertiary alicyclic amines) is 1. The van der Waals surface area contributed by atoms with Crippen molar-refractivity contribution in [1.29, 1.82) is 10.5 Å². The third-order valence-corrected chi connectivity index (χ3v) is 3.72. The Hall–Kier alpha value is -1.85. The predicted octanol–water partition coefficient (Wildman–Crippen LogP) is 2.00. The molecule has 0 radical (unpaired) electrons. The van der Waals surface area contributed by atoms with Crippen molar-refractivity contribution in [3.63, 3.8) is 0 Å². The molecule has 2 heterocycles. The van der Waals surface area contributed by atoms with E-state index < -0.39 is 0 Å². The smallest absolute Gasteiger partial charge is 0.0669 e. The number of rotatable bonds is 5. The van der Waals surface area contributed by atoms with Crippen LogP contribution in [0.15, 0.2) is 12.4 Å². The SMILES string of the molecule is Cn1cc([C@@H]2CCCN2C[C@H](C#N)CCC#N)cn1. The third-order valence-electron chi connectivity index (χ3n) is 3.72. The van der Waals surface area contributed by atoms with Crippen molar-refractivity contribution >= 4 is 0 Å². The molecule has 0 aromatic carbocycles. The molecule has 2 rings (SSSR count). The van der Waals surface area contributed by atoms with Crippen LogP contribution in [0.5, 0.6) is 0 Å². The van der Waals surface area contributed by atoms with Gasteiger partial charge in [-0.05, 0) is 25.8 Å². The number of nitriles is 2. The third kappa shape index (κ3) is 3.33. The molecular formula is C14H19N5. The Bertz CT molecular complexity index is 493. The minimum atomic E-state index is -0.0445. The van der Waals surface area contributed by atoms with Gasteiger partial charge in [-0.2, -0.15) is 15.6 Å². The average molecular weight is 257 g/mol. The Morgan fingerprint density at radius 2 is 2.37 bits per heavy atom. The van der Waals surface area contributed by atoms with Crippen LogP contribution in [0, 0.1) is 28.6 Å². The second-order valence-corrected chi connectivity index (χ2v) is 5.12. The zero-order valence-electron chi connectivity index (χ0n) is 11.3. The van der Waals surface area contributed by atoms with E-state index in [0.29, 0.717) is 18.9 Å². The van der Waals surface area contributed by atoms with E-state index in [4.69, 9.17) is 5.26 Å². The second kappa shape index (κ2) is 6.36. The largest absolute Gasteiger partial charge is 0.295 e. The lowest BCUT2D eigenvalue weighted by Gasteiger charge is -2.25. The van der Waals surface area contributed by atoms with Crippen molar-refractivity contribution < 1.29 is 0 Å². The summed E-state index contributed by atoms with van der Waals surface area (Å²) < 4.78 is 1.82. The van der Waals surface area contributed by atoms with Gasteiger partial charge in [0.25, 0.3) is 0 Å². The number of hydrogen-bond acceptors (Lipinski definition) is 4. The van der Waals surface area contributed by atoms with Crippen LogP contribution in [0.25, 0.3) is 0 Å². The van der Waals surface area contributed by atoms with Crippen molar-refractivity contribution in [2.24, 2.45) is 13.0 Å². The summed E-state index contributed by atoms with van der Waals surface area (Å²) in [5.74, 6) is -0.0445. The molecule has 1 fully saturated rings. The molecule has 5 heteroatoms. The lowest BCUT2D eigenvalue weighted by atomic mass is 10.0. The van der Waals surface area contributed by atoms with Crippen molar-refractivity contribution in [3.05, 3.63) is 18.0 Å². The van der Waals surface area contributed by atoms with E-state index in [9.17, 15) is 5.26 Å². The monoisotopic (exact) mass is 257 g/mol. The van der Waals surface area contributed by atoms with Crippen LogP contribution in [0.3, 0.4) is 0 Å². The number of aryl methyl sites for hydroxylation is 1. The first-order valence-corrected chi connectivity index (χ1v) is 6.73. The molecule has 0 spiro atoms. The van der Waals surface area contributed by atoms with Gasteiger partial charge in [0.15, 0.2) is 0 Å². The van der Waals surface area contributed by atoms with Crippen LogP contribution in [0.1, 0.15) is 37.3 Å². The topological polar surface area (TPSA) is 68.6 Å². The highest BCUT2D eigenvalue weighted by Gasteiger charge is 2.28. The molecule has 0 unspecified atom stereocenters. The maximum Gasteiger partial charge on any atom is 0.0669 e. The molecular weight excluding hydrogens is 238 g/mol. The maximum absolute atomic E-state index is 9.17. The van der Waals surface area contributed by atoms with Crippen molar-refractivity contribution in [3.8, 4) is 12.1 Å². The highest BCUT2D eigenvalue weighted by molar-refractivity contribution is 5.12. The van der Waals surface area contributed by atoms with Gasteiger partial charge in [-0.3, -0.25) is 9.58 Å². The average Bonchev–Trinajstić information content (AvgIpc) is 3.02. The molecule has 1 saturated heterocycles. The van der Waals surface area contributed by atoms with Crippen LogP contribution in [-0.2, 0) is 7.05 Å². The molecule has 0 aliphatic carbocycles. The summed E-state index contributed by atoms with van der Waals surface area (Å²) in [6, 6.07) is 4.83. The zero-order valence-corrected chi connectivity index (χ0v) is 11.3. The van der Waals surface area contributed by atoms with Gasteiger partial charge in [0.1, 0.15) is 0 Å². The maximum atomic E-state index is 9.17. The van der Waals surface area contributed by atoms with Gasteiger partial charge in [0.2, 0.25) is 0 Å². The van der Waals surface area contributed by atoms with Crippen LogP contribution < -0.4 is 0 Å². The zero-order chi connectivity index (χ0) is 13.7. The van der Waals surface area contributed by atoms with E-state index in [1.165, 1.54) is 5.56 Å². The quantitative estimate of drug-likeness (QED) is 0.809. The summed E-state index contributed by atoms with van der Waals surface area (Å²) in [4.78, 5) is 2.36. The second-order valence-electron chi connectivity index (χ2n) is 5.12. The lowest BCUT2D eigenvalue weighted by molar-refractivity contribution is 0.230. The molecule has 1 aliphatic rings. The van der Waals surface area contributed by atoms with E-state index in [-0.39, 0.29) is 5.92 Å². The summed E-state index contributed by atoms with van der Waals surface area (Å²) in [6.07, 6.45) is 7.39. The molecule has 19 heavy (non-hydrogen) atoms. The first-order chi connectivity index (χ1) is 9.24. The number of aromatic nitrogens is 2. The van der Waals surface area contributed by atoms with Crippen LogP contribution in [0.4, 0.5) is 0 Å². The van der Waals surface area contributed by atoms with Gasteiger partial charge in [-0.15, -0.1) is 0 Å². The van der Waals surface area contributed by atoms with Crippen LogP contribution in [0.2, 0.25) is 0 Å². The minimum absolute atomic E-state index is 0.0445. The van der Waals surface area contributed by atoms with E-state index in [1.54, 1.807) is 0 Å². The summed E-state index contributed by atoms with van der Waals surface area (Å²) in [6.45, 7) is 1.79. The summed E-state index contributed by atoms with van der Waals surface area (Å²) in [5, 5.41) is 22.0. The molecule has 0 amide bonds. The fourth-order valence-electron chi connectivity index (χ4n) is 2.75. The Morgan fingerprint density at radius 1 is 1.53 bits per heavy atom. The van der Waals surface area contributed by atoms with Gasteiger partial charge in [0, 0.05) is 37.8 Å². The molecule has 0 N–H and O–H groups in total. The number of nitrogens with zero attached hydrogens (tertiary/aromatic N) is 5. The molecule has 2 atom stereocenters. The number of hydrogen-bond donors (Lipinski definition) is 0. The van der Waals surface area contributed by atoms with Crippen LogP contribution >= 0.6 is 0 Å². The summed E-state index contributed by atoms with van der Waals surface area (Å²) in [5.41, 5.74) is 1.23. The van der Waals surface area contributed by atoms with E-state index >= 15 is 0 Å². The highest BCUT2D eigenvalue weighted by Crippen LogP contribution is 2.32. The van der Waals surface area contributed by atoms with Gasteiger partial charge < -0.3 is 0 Å². The minimum Gasteiger partial charge on any atom is -0.295 e. The van der Waals surface area contributed by atoms with Gasteiger partial charge in [-0.1, -0.05) is 0 Å². The van der Waals surface area contributed by atoms with Gasteiger partial charge in [-0.25, -0.2) is 0 Å². The van der Waals surface area contributed by atoms with Crippen LogP contribution in [-0.4, -0.2) is 27.8 Å². The Balaban J connectivity index is 1.99. The molecule has 0 saturated carbocycles. The first-order valence-electron chi connectivity index (χ1n) is 6.73. The Kier molecular flexibility index (Phi) is 4.54. The molecule has 1 aliphatic heterocycles. The Labute approximate surface area is 114 Å². The van der Waals surface area contributed by atoms with E-state index in [2.05, 4.69) is 28.3 Å². The normalized spacial score (nSPS) is 20.9.